The summed E-state index contributed by atoms with van der Waals surface area (Å²) in [5.74, 6) is 0.727. The first-order valence-corrected chi connectivity index (χ1v) is 8.18. The fourth-order valence-corrected chi connectivity index (χ4v) is 3.89. The summed E-state index contributed by atoms with van der Waals surface area (Å²) >= 11 is 0. The van der Waals surface area contributed by atoms with Crippen LogP contribution < -0.4 is 5.32 Å². The molecule has 0 aromatic heterocycles. The number of benzene rings is 2. The van der Waals surface area contributed by atoms with Crippen LogP contribution in [-0.4, -0.2) is 36.5 Å². The SMILES string of the molecule is N#Cc1ccc2ccc(C(=O)NC3CC4CCN(C4)C3)cc2c1. The van der Waals surface area contributed by atoms with Crippen LogP contribution in [0.1, 0.15) is 28.8 Å². The molecule has 4 rings (SSSR count). The summed E-state index contributed by atoms with van der Waals surface area (Å²) in [6.45, 7) is 3.33. The van der Waals surface area contributed by atoms with Crippen molar-refractivity contribution in [1.29, 1.82) is 5.26 Å². The Balaban J connectivity index is 1.53. The number of nitrogens with one attached hydrogen (secondary N) is 1. The predicted octanol–water partition coefficient (Wildman–Crippen LogP) is 2.54. The lowest BCUT2D eigenvalue weighted by atomic mass is 9.96. The highest BCUT2D eigenvalue weighted by Gasteiger charge is 2.32. The Morgan fingerprint density at radius 2 is 2.04 bits per heavy atom. The molecule has 2 aliphatic heterocycles. The van der Waals surface area contributed by atoms with Gasteiger partial charge in [0.25, 0.3) is 5.91 Å². The fraction of sp³-hybridized carbons (Fsp3) is 0.368. The van der Waals surface area contributed by atoms with E-state index in [2.05, 4.69) is 16.3 Å². The van der Waals surface area contributed by atoms with Crippen molar-refractivity contribution in [3.8, 4) is 6.07 Å². The minimum Gasteiger partial charge on any atom is -0.348 e. The molecule has 116 valence electrons. The number of amides is 1. The van der Waals surface area contributed by atoms with Crippen molar-refractivity contribution >= 4 is 16.7 Å². The van der Waals surface area contributed by atoms with Gasteiger partial charge < -0.3 is 10.2 Å². The summed E-state index contributed by atoms with van der Waals surface area (Å²) in [6, 6.07) is 13.6. The van der Waals surface area contributed by atoms with Crippen LogP contribution in [-0.2, 0) is 0 Å². The molecule has 2 fully saturated rings. The monoisotopic (exact) mass is 305 g/mol. The van der Waals surface area contributed by atoms with Crippen LogP contribution in [0, 0.1) is 17.2 Å². The number of carbonyl (C=O) groups is 1. The first kappa shape index (κ1) is 14.2. The van der Waals surface area contributed by atoms with Crippen molar-refractivity contribution in [1.82, 2.24) is 10.2 Å². The molecule has 23 heavy (non-hydrogen) atoms. The van der Waals surface area contributed by atoms with Crippen molar-refractivity contribution in [3.63, 3.8) is 0 Å². The third-order valence-electron chi connectivity index (χ3n) is 5.03. The molecule has 0 aliphatic carbocycles. The Bertz CT molecular complexity index is 796. The topological polar surface area (TPSA) is 56.1 Å². The Kier molecular flexibility index (Phi) is 3.51. The standard InChI is InChI=1S/C19H19N3O/c20-10-13-1-2-15-3-4-16(9-17(15)7-13)19(23)21-18-8-14-5-6-22(11-14)12-18/h1-4,7,9,14,18H,5-6,8,11-12H2,(H,21,23). The lowest BCUT2D eigenvalue weighted by Crippen LogP contribution is -2.47. The van der Waals surface area contributed by atoms with Crippen LogP contribution >= 0.6 is 0 Å². The second kappa shape index (κ2) is 5.68. The van der Waals surface area contributed by atoms with E-state index in [-0.39, 0.29) is 11.9 Å². The van der Waals surface area contributed by atoms with Gasteiger partial charge in [0.1, 0.15) is 0 Å². The molecule has 2 heterocycles. The van der Waals surface area contributed by atoms with Gasteiger partial charge in [0, 0.05) is 24.7 Å². The smallest absolute Gasteiger partial charge is 0.251 e. The van der Waals surface area contributed by atoms with E-state index in [1.165, 1.54) is 19.5 Å². The van der Waals surface area contributed by atoms with Crippen molar-refractivity contribution in [3.05, 3.63) is 47.5 Å². The molecule has 0 saturated carbocycles. The maximum atomic E-state index is 12.6. The number of piperidine rings is 1. The first-order valence-electron chi connectivity index (χ1n) is 8.18. The zero-order valence-corrected chi connectivity index (χ0v) is 13.0. The normalized spacial score (nSPS) is 26.0. The zero-order valence-electron chi connectivity index (χ0n) is 13.0. The molecular weight excluding hydrogens is 286 g/mol. The second-order valence-electron chi connectivity index (χ2n) is 6.71. The summed E-state index contributed by atoms with van der Waals surface area (Å²) < 4.78 is 0. The van der Waals surface area contributed by atoms with E-state index >= 15 is 0 Å². The summed E-state index contributed by atoms with van der Waals surface area (Å²) in [6.07, 6.45) is 2.35. The van der Waals surface area contributed by atoms with Gasteiger partial charge in [-0.25, -0.2) is 0 Å². The zero-order chi connectivity index (χ0) is 15.8. The molecule has 3 atom stereocenters. The number of fused-ring (bicyclic) bond motifs is 3. The Hall–Kier alpha value is -2.38. The molecule has 0 spiro atoms. The lowest BCUT2D eigenvalue weighted by molar-refractivity contribution is 0.0909. The van der Waals surface area contributed by atoms with Gasteiger partial charge in [-0.1, -0.05) is 12.1 Å². The largest absolute Gasteiger partial charge is 0.348 e. The molecule has 4 heteroatoms. The minimum absolute atomic E-state index is 0.0123. The van der Waals surface area contributed by atoms with Gasteiger partial charge in [0.05, 0.1) is 11.6 Å². The fourth-order valence-electron chi connectivity index (χ4n) is 3.89. The van der Waals surface area contributed by atoms with Crippen molar-refractivity contribution < 1.29 is 4.79 Å². The van der Waals surface area contributed by atoms with Crippen LogP contribution in [0.3, 0.4) is 0 Å². The van der Waals surface area contributed by atoms with E-state index in [0.717, 1.165) is 29.7 Å². The third kappa shape index (κ3) is 2.80. The summed E-state index contributed by atoms with van der Waals surface area (Å²) in [4.78, 5) is 15.0. The molecule has 2 saturated heterocycles. The third-order valence-corrected chi connectivity index (χ3v) is 5.03. The second-order valence-corrected chi connectivity index (χ2v) is 6.71. The summed E-state index contributed by atoms with van der Waals surface area (Å²) in [5.41, 5.74) is 1.28. The van der Waals surface area contributed by atoms with Crippen LogP contribution in [0.2, 0.25) is 0 Å². The predicted molar refractivity (Wildman–Crippen MR) is 89.1 cm³/mol. The Labute approximate surface area is 135 Å². The summed E-state index contributed by atoms with van der Waals surface area (Å²) in [7, 11) is 0. The highest BCUT2D eigenvalue weighted by Crippen LogP contribution is 2.27. The molecule has 1 amide bonds. The van der Waals surface area contributed by atoms with Gasteiger partial charge in [0.2, 0.25) is 0 Å². The summed E-state index contributed by atoms with van der Waals surface area (Å²) in [5, 5.41) is 14.2. The van der Waals surface area contributed by atoms with Crippen molar-refractivity contribution in [2.24, 2.45) is 5.92 Å². The van der Waals surface area contributed by atoms with Gasteiger partial charge in [0.15, 0.2) is 0 Å². The lowest BCUT2D eigenvalue weighted by Gasteiger charge is -2.30. The van der Waals surface area contributed by atoms with E-state index < -0.39 is 0 Å². The van der Waals surface area contributed by atoms with Crippen molar-refractivity contribution in [2.75, 3.05) is 19.6 Å². The van der Waals surface area contributed by atoms with Gasteiger partial charge in [-0.05, 0) is 60.3 Å². The molecule has 2 aliphatic rings. The van der Waals surface area contributed by atoms with Crippen LogP contribution in [0.4, 0.5) is 0 Å². The molecule has 2 aromatic rings. The number of nitrogens with zero attached hydrogens (tertiary/aromatic N) is 2. The van der Waals surface area contributed by atoms with Gasteiger partial charge in [-0.2, -0.15) is 5.26 Å². The number of rotatable bonds is 2. The molecule has 2 aromatic carbocycles. The number of nitriles is 1. The van der Waals surface area contributed by atoms with Gasteiger partial charge in [-0.3, -0.25) is 4.79 Å². The molecule has 3 unspecified atom stereocenters. The molecule has 2 bridgehead atoms. The molecular formula is C19H19N3O. The minimum atomic E-state index is -0.0123. The maximum absolute atomic E-state index is 12.6. The van der Waals surface area contributed by atoms with Crippen LogP contribution in [0.5, 0.6) is 0 Å². The van der Waals surface area contributed by atoms with Gasteiger partial charge in [-0.15, -0.1) is 0 Å². The average molecular weight is 305 g/mol. The Morgan fingerprint density at radius 1 is 1.17 bits per heavy atom. The van der Waals surface area contributed by atoms with Crippen LogP contribution in [0.25, 0.3) is 10.8 Å². The number of hydrogen-bond donors (Lipinski definition) is 1. The number of hydrogen-bond acceptors (Lipinski definition) is 3. The van der Waals surface area contributed by atoms with E-state index in [0.29, 0.717) is 11.1 Å². The average Bonchev–Trinajstić information content (AvgIpc) is 2.92. The van der Waals surface area contributed by atoms with E-state index in [9.17, 15) is 4.79 Å². The molecule has 4 nitrogen and oxygen atoms in total. The van der Waals surface area contributed by atoms with Crippen LogP contribution in [0.15, 0.2) is 36.4 Å². The first-order chi connectivity index (χ1) is 11.2. The molecule has 1 N–H and O–H groups in total. The Morgan fingerprint density at radius 3 is 2.87 bits per heavy atom. The quantitative estimate of drug-likeness (QED) is 0.927. The van der Waals surface area contributed by atoms with E-state index in [4.69, 9.17) is 5.26 Å². The van der Waals surface area contributed by atoms with Crippen molar-refractivity contribution in [2.45, 2.75) is 18.9 Å². The number of carbonyl (C=O) groups excluding carboxylic acids is 1. The van der Waals surface area contributed by atoms with Gasteiger partial charge >= 0.3 is 0 Å². The highest BCUT2D eigenvalue weighted by atomic mass is 16.1. The highest BCUT2D eigenvalue weighted by molar-refractivity contribution is 5.99. The molecule has 0 radical (unpaired) electrons. The van der Waals surface area contributed by atoms with E-state index in [1.807, 2.05) is 30.3 Å². The maximum Gasteiger partial charge on any atom is 0.251 e. The van der Waals surface area contributed by atoms with E-state index in [1.54, 1.807) is 6.07 Å².